The first-order valence-corrected chi connectivity index (χ1v) is 6.21. The van der Waals surface area contributed by atoms with E-state index in [0.29, 0.717) is 16.0 Å². The minimum Gasteiger partial charge on any atom is -0.481 e. The fourth-order valence-corrected chi connectivity index (χ4v) is 2.60. The smallest absolute Gasteiger partial charge is 0.416 e. The SMILES string of the molecule is O=C(O)Cc1sccc1-c1ccc(C(F)(F)F)cc1. The van der Waals surface area contributed by atoms with Gasteiger partial charge < -0.3 is 5.11 Å². The zero-order valence-electron chi connectivity index (χ0n) is 9.57. The minimum atomic E-state index is -4.36. The molecule has 0 saturated carbocycles. The molecule has 1 N–H and O–H groups in total. The van der Waals surface area contributed by atoms with Crippen LogP contribution in [0.4, 0.5) is 13.2 Å². The van der Waals surface area contributed by atoms with Crippen molar-refractivity contribution < 1.29 is 23.1 Å². The van der Waals surface area contributed by atoms with Gasteiger partial charge in [0.05, 0.1) is 12.0 Å². The summed E-state index contributed by atoms with van der Waals surface area (Å²) in [6, 6.07) is 6.42. The van der Waals surface area contributed by atoms with Crippen LogP contribution in [0.5, 0.6) is 0 Å². The molecule has 2 aromatic rings. The number of halogens is 3. The fourth-order valence-electron chi connectivity index (χ4n) is 1.71. The molecular weight excluding hydrogens is 277 g/mol. The average molecular weight is 286 g/mol. The van der Waals surface area contributed by atoms with Crippen LogP contribution >= 0.6 is 11.3 Å². The standard InChI is InChI=1S/C13H9F3O2S/c14-13(15,16)9-3-1-8(2-4-9)10-5-6-19-11(10)7-12(17)18/h1-6H,7H2,(H,17,18). The first-order chi connectivity index (χ1) is 8.88. The second kappa shape index (κ2) is 5.05. The zero-order chi connectivity index (χ0) is 14.0. The second-order valence-electron chi connectivity index (χ2n) is 3.90. The summed E-state index contributed by atoms with van der Waals surface area (Å²) < 4.78 is 37.3. The van der Waals surface area contributed by atoms with E-state index in [1.54, 1.807) is 11.4 Å². The van der Waals surface area contributed by atoms with Crippen LogP contribution in [0.15, 0.2) is 35.7 Å². The molecule has 0 aliphatic carbocycles. The summed E-state index contributed by atoms with van der Waals surface area (Å²) in [5.41, 5.74) is 0.540. The lowest BCUT2D eigenvalue weighted by molar-refractivity contribution is -0.138. The molecule has 2 nitrogen and oxygen atoms in total. The molecule has 0 unspecified atom stereocenters. The highest BCUT2D eigenvalue weighted by Crippen LogP contribution is 2.33. The van der Waals surface area contributed by atoms with Gasteiger partial charge in [-0.25, -0.2) is 0 Å². The van der Waals surface area contributed by atoms with E-state index in [0.717, 1.165) is 12.1 Å². The highest BCUT2D eigenvalue weighted by Gasteiger charge is 2.30. The van der Waals surface area contributed by atoms with Crippen molar-refractivity contribution >= 4 is 17.3 Å². The number of aliphatic carboxylic acids is 1. The molecule has 19 heavy (non-hydrogen) atoms. The summed E-state index contributed by atoms with van der Waals surface area (Å²) >= 11 is 1.28. The van der Waals surface area contributed by atoms with Crippen molar-refractivity contribution in [3.63, 3.8) is 0 Å². The maximum Gasteiger partial charge on any atom is 0.416 e. The van der Waals surface area contributed by atoms with Crippen LogP contribution in [0.2, 0.25) is 0 Å². The Hall–Kier alpha value is -1.82. The highest BCUT2D eigenvalue weighted by atomic mass is 32.1. The Morgan fingerprint density at radius 3 is 2.32 bits per heavy atom. The van der Waals surface area contributed by atoms with Gasteiger partial charge in [0.25, 0.3) is 0 Å². The van der Waals surface area contributed by atoms with Crippen LogP contribution in [-0.2, 0) is 17.4 Å². The van der Waals surface area contributed by atoms with Gasteiger partial charge in [-0.2, -0.15) is 13.2 Å². The Balaban J connectivity index is 2.33. The topological polar surface area (TPSA) is 37.3 Å². The lowest BCUT2D eigenvalue weighted by Crippen LogP contribution is -2.04. The van der Waals surface area contributed by atoms with Gasteiger partial charge in [0.1, 0.15) is 0 Å². The third kappa shape index (κ3) is 3.14. The number of hydrogen-bond donors (Lipinski definition) is 1. The maximum atomic E-state index is 12.4. The number of hydrogen-bond acceptors (Lipinski definition) is 2. The predicted octanol–water partition coefficient (Wildman–Crippen LogP) is 4.06. The molecule has 0 amide bonds. The van der Waals surface area contributed by atoms with Gasteiger partial charge in [0.2, 0.25) is 0 Å². The predicted molar refractivity (Wildman–Crippen MR) is 66.1 cm³/mol. The van der Waals surface area contributed by atoms with Crippen LogP contribution in [0.3, 0.4) is 0 Å². The number of carbonyl (C=O) groups is 1. The summed E-state index contributed by atoms with van der Waals surface area (Å²) in [5.74, 6) is -0.962. The molecule has 0 bridgehead atoms. The van der Waals surface area contributed by atoms with Crippen molar-refractivity contribution in [2.24, 2.45) is 0 Å². The lowest BCUT2D eigenvalue weighted by atomic mass is 10.0. The third-order valence-corrected chi connectivity index (χ3v) is 3.50. The van der Waals surface area contributed by atoms with Crippen molar-refractivity contribution in [1.29, 1.82) is 0 Å². The minimum absolute atomic E-state index is 0.131. The van der Waals surface area contributed by atoms with Crippen molar-refractivity contribution in [3.05, 3.63) is 46.2 Å². The van der Waals surface area contributed by atoms with Crippen molar-refractivity contribution in [2.45, 2.75) is 12.6 Å². The van der Waals surface area contributed by atoms with Gasteiger partial charge in [-0.1, -0.05) is 12.1 Å². The summed E-state index contributed by atoms with van der Waals surface area (Å²) in [4.78, 5) is 11.3. The van der Waals surface area contributed by atoms with E-state index in [4.69, 9.17) is 5.11 Å². The van der Waals surface area contributed by atoms with E-state index in [2.05, 4.69) is 0 Å². The molecule has 0 aliphatic rings. The first kappa shape index (κ1) is 13.6. The molecule has 0 aliphatic heterocycles. The molecule has 0 atom stereocenters. The largest absolute Gasteiger partial charge is 0.481 e. The molecule has 2 rings (SSSR count). The maximum absolute atomic E-state index is 12.4. The third-order valence-electron chi connectivity index (χ3n) is 2.58. The lowest BCUT2D eigenvalue weighted by Gasteiger charge is -2.08. The molecule has 0 spiro atoms. The monoisotopic (exact) mass is 286 g/mol. The summed E-state index contributed by atoms with van der Waals surface area (Å²) in [6.45, 7) is 0. The molecular formula is C13H9F3O2S. The highest BCUT2D eigenvalue weighted by molar-refractivity contribution is 7.10. The molecule has 100 valence electrons. The normalized spacial score (nSPS) is 11.5. The zero-order valence-corrected chi connectivity index (χ0v) is 10.4. The van der Waals surface area contributed by atoms with E-state index in [9.17, 15) is 18.0 Å². The number of benzene rings is 1. The van der Waals surface area contributed by atoms with Crippen LogP contribution in [0.1, 0.15) is 10.4 Å². The summed E-state index contributed by atoms with van der Waals surface area (Å²) in [5, 5.41) is 10.5. The second-order valence-corrected chi connectivity index (χ2v) is 4.90. The van der Waals surface area contributed by atoms with Crippen LogP contribution in [-0.4, -0.2) is 11.1 Å². The molecule has 6 heteroatoms. The molecule has 0 saturated heterocycles. The van der Waals surface area contributed by atoms with Crippen LogP contribution < -0.4 is 0 Å². The van der Waals surface area contributed by atoms with Crippen molar-refractivity contribution in [3.8, 4) is 11.1 Å². The van der Waals surface area contributed by atoms with Crippen LogP contribution in [0.25, 0.3) is 11.1 Å². The summed E-state index contributed by atoms with van der Waals surface area (Å²) in [6.07, 6.45) is -4.49. The molecule has 0 radical (unpaired) electrons. The van der Waals surface area contributed by atoms with Crippen molar-refractivity contribution in [1.82, 2.24) is 0 Å². The van der Waals surface area contributed by atoms with Gasteiger partial charge in [-0.3, -0.25) is 4.79 Å². The van der Waals surface area contributed by atoms with Crippen molar-refractivity contribution in [2.75, 3.05) is 0 Å². The average Bonchev–Trinajstić information content (AvgIpc) is 2.75. The molecule has 0 fully saturated rings. The number of carboxylic acid groups (broad SMARTS) is 1. The van der Waals surface area contributed by atoms with Gasteiger partial charge >= 0.3 is 12.1 Å². The van der Waals surface area contributed by atoms with Crippen LogP contribution in [0, 0.1) is 0 Å². The fraction of sp³-hybridized carbons (Fsp3) is 0.154. The van der Waals surface area contributed by atoms with E-state index in [1.165, 1.54) is 23.5 Å². The van der Waals surface area contributed by atoms with E-state index >= 15 is 0 Å². The number of rotatable bonds is 3. The number of alkyl halides is 3. The first-order valence-electron chi connectivity index (χ1n) is 5.33. The van der Waals surface area contributed by atoms with Gasteiger partial charge in [-0.05, 0) is 34.7 Å². The van der Waals surface area contributed by atoms with E-state index < -0.39 is 17.7 Å². The Bertz CT molecular complexity index is 585. The Labute approximate surface area is 111 Å². The molecule has 1 aromatic carbocycles. The van der Waals surface area contributed by atoms with E-state index in [1.807, 2.05) is 0 Å². The number of carboxylic acids is 1. The van der Waals surface area contributed by atoms with Gasteiger partial charge in [0, 0.05) is 4.88 Å². The quantitative estimate of drug-likeness (QED) is 0.923. The van der Waals surface area contributed by atoms with Gasteiger partial charge in [0.15, 0.2) is 0 Å². The summed E-state index contributed by atoms with van der Waals surface area (Å²) in [7, 11) is 0. The van der Waals surface area contributed by atoms with E-state index in [-0.39, 0.29) is 6.42 Å². The number of thiophene rings is 1. The van der Waals surface area contributed by atoms with Gasteiger partial charge in [-0.15, -0.1) is 11.3 Å². The Morgan fingerprint density at radius 2 is 1.79 bits per heavy atom. The Kier molecular flexibility index (Phi) is 3.61. The molecule has 1 aromatic heterocycles. The molecule has 1 heterocycles. The Morgan fingerprint density at radius 1 is 1.16 bits per heavy atom.